The molecule has 12 aromatic rings. The lowest BCUT2D eigenvalue weighted by atomic mass is 9.98. The summed E-state index contributed by atoms with van der Waals surface area (Å²) in [6.07, 6.45) is 0. The van der Waals surface area contributed by atoms with Crippen molar-refractivity contribution >= 4 is 82.7 Å². The van der Waals surface area contributed by atoms with Crippen LogP contribution in [-0.2, 0) is 0 Å². The van der Waals surface area contributed by atoms with Gasteiger partial charge in [-0.2, -0.15) is 0 Å². The molecule has 0 amide bonds. The van der Waals surface area contributed by atoms with Crippen LogP contribution in [0.5, 0.6) is 0 Å². The van der Waals surface area contributed by atoms with Gasteiger partial charge in [0.15, 0.2) is 5.58 Å². The number of hydrogen-bond acceptors (Lipinski definition) is 3. The largest absolute Gasteiger partial charge is 0.455 e. The number of aromatic nitrogens is 1. The third-order valence-electron chi connectivity index (χ3n) is 11.6. The molecule has 0 N–H and O–H groups in total. The summed E-state index contributed by atoms with van der Waals surface area (Å²) in [6.45, 7) is 0. The summed E-state index contributed by atoms with van der Waals surface area (Å²) in [4.78, 5) is 2.36. The first-order valence-electron chi connectivity index (χ1n) is 19.7. The molecular formula is C54H34N2O2. The standard InChI is InChI=1S/C54H34N2O2/c1-3-15-35(16-4-1)37-29-30-45-51(33-37)58-54-40(36-17-5-2-6-18-36)31-32-48(52(45)54)56(49-27-14-24-44-43-23-9-12-28-50(43)57-53(44)49)39-20-13-19-38(34-39)55-46-25-10-7-21-41(46)42-22-8-11-26-47(42)55/h1-34H. The van der Waals surface area contributed by atoms with Gasteiger partial charge in [-0.05, 0) is 83.4 Å². The molecule has 0 saturated heterocycles. The topological polar surface area (TPSA) is 34.5 Å². The molecule has 58 heavy (non-hydrogen) atoms. The monoisotopic (exact) mass is 742 g/mol. The average molecular weight is 743 g/mol. The van der Waals surface area contributed by atoms with E-state index in [1.807, 2.05) is 12.1 Å². The van der Waals surface area contributed by atoms with Crippen LogP contribution < -0.4 is 4.90 Å². The van der Waals surface area contributed by atoms with Crippen LogP contribution in [0, 0.1) is 0 Å². The molecule has 4 nitrogen and oxygen atoms in total. The zero-order valence-electron chi connectivity index (χ0n) is 31.3. The number of rotatable bonds is 6. The third-order valence-corrected chi connectivity index (χ3v) is 11.6. The Hall–Kier alpha value is -7.82. The smallest absolute Gasteiger partial charge is 0.159 e. The van der Waals surface area contributed by atoms with Crippen molar-refractivity contribution in [2.75, 3.05) is 4.90 Å². The fourth-order valence-corrected chi connectivity index (χ4v) is 8.99. The molecule has 3 aromatic heterocycles. The summed E-state index contributed by atoms with van der Waals surface area (Å²) >= 11 is 0. The summed E-state index contributed by atoms with van der Waals surface area (Å²) in [5, 5.41) is 6.69. The maximum atomic E-state index is 7.02. The maximum absolute atomic E-state index is 7.02. The van der Waals surface area contributed by atoms with Crippen LogP contribution in [0.1, 0.15) is 0 Å². The first kappa shape index (κ1) is 32.4. The Morgan fingerprint density at radius 3 is 1.78 bits per heavy atom. The van der Waals surface area contributed by atoms with Crippen LogP contribution in [0.15, 0.2) is 215 Å². The van der Waals surface area contributed by atoms with E-state index in [1.165, 1.54) is 10.8 Å². The van der Waals surface area contributed by atoms with Gasteiger partial charge in [-0.15, -0.1) is 0 Å². The molecule has 0 spiro atoms. The normalized spacial score (nSPS) is 11.8. The summed E-state index contributed by atoms with van der Waals surface area (Å²) in [7, 11) is 0. The maximum Gasteiger partial charge on any atom is 0.159 e. The Morgan fingerprint density at radius 2 is 1.00 bits per heavy atom. The second-order valence-electron chi connectivity index (χ2n) is 14.9. The van der Waals surface area contributed by atoms with E-state index in [1.54, 1.807) is 0 Å². The molecule has 9 aromatic carbocycles. The molecule has 0 aliphatic heterocycles. The molecule has 0 saturated carbocycles. The number of anilines is 3. The highest BCUT2D eigenvalue weighted by atomic mass is 16.3. The van der Waals surface area contributed by atoms with E-state index in [2.05, 4.69) is 204 Å². The molecule has 0 fully saturated rings. The highest BCUT2D eigenvalue weighted by Gasteiger charge is 2.26. The second-order valence-corrected chi connectivity index (χ2v) is 14.9. The predicted octanol–water partition coefficient (Wildman–Crippen LogP) is 15.4. The number of hydrogen-bond donors (Lipinski definition) is 0. The van der Waals surface area contributed by atoms with E-state index in [4.69, 9.17) is 8.83 Å². The van der Waals surface area contributed by atoms with Gasteiger partial charge in [0.25, 0.3) is 0 Å². The van der Waals surface area contributed by atoms with Gasteiger partial charge in [0.1, 0.15) is 16.7 Å². The minimum atomic E-state index is 0.824. The minimum absolute atomic E-state index is 0.824. The van der Waals surface area contributed by atoms with E-state index in [0.29, 0.717) is 0 Å². The molecule has 272 valence electrons. The van der Waals surface area contributed by atoms with Gasteiger partial charge >= 0.3 is 0 Å². The fraction of sp³-hybridized carbons (Fsp3) is 0. The van der Waals surface area contributed by atoms with Crippen molar-refractivity contribution in [3.05, 3.63) is 206 Å². The van der Waals surface area contributed by atoms with Crippen LogP contribution in [0.2, 0.25) is 0 Å². The molecule has 3 heterocycles. The van der Waals surface area contributed by atoms with E-state index >= 15 is 0 Å². The van der Waals surface area contributed by atoms with Gasteiger partial charge in [0.2, 0.25) is 0 Å². The predicted molar refractivity (Wildman–Crippen MR) is 241 cm³/mol. The fourth-order valence-electron chi connectivity index (χ4n) is 8.99. The van der Waals surface area contributed by atoms with Gasteiger partial charge in [-0.3, -0.25) is 0 Å². The summed E-state index contributed by atoms with van der Waals surface area (Å²) in [5.74, 6) is 0. The summed E-state index contributed by atoms with van der Waals surface area (Å²) in [6, 6.07) is 73.0. The zero-order chi connectivity index (χ0) is 38.2. The Kier molecular flexibility index (Phi) is 7.20. The second kappa shape index (κ2) is 12.9. The van der Waals surface area contributed by atoms with Crippen molar-refractivity contribution in [2.45, 2.75) is 0 Å². The Bertz CT molecular complexity index is 3470. The number of fused-ring (bicyclic) bond motifs is 9. The van der Waals surface area contributed by atoms with Crippen molar-refractivity contribution in [1.29, 1.82) is 0 Å². The number of nitrogens with zero attached hydrogens (tertiary/aromatic N) is 2. The van der Waals surface area contributed by atoms with Crippen LogP contribution >= 0.6 is 0 Å². The van der Waals surface area contributed by atoms with Crippen molar-refractivity contribution < 1.29 is 8.83 Å². The SMILES string of the molecule is c1ccc(-c2ccc3c(c2)oc2c(-c4ccccc4)ccc(N(c4cccc(-n5c6ccccc6c6ccccc65)c4)c4cccc5c4oc4ccccc45)c23)cc1. The highest BCUT2D eigenvalue weighted by molar-refractivity contribution is 6.19. The molecule has 0 aliphatic rings. The Balaban J connectivity index is 1.17. The van der Waals surface area contributed by atoms with Gasteiger partial charge < -0.3 is 18.3 Å². The zero-order valence-corrected chi connectivity index (χ0v) is 31.3. The van der Waals surface area contributed by atoms with Crippen molar-refractivity contribution in [1.82, 2.24) is 4.57 Å². The lowest BCUT2D eigenvalue weighted by Gasteiger charge is -2.27. The van der Waals surface area contributed by atoms with Crippen LogP contribution in [0.25, 0.3) is 93.6 Å². The van der Waals surface area contributed by atoms with E-state index in [0.717, 1.165) is 99.9 Å². The molecule has 0 aliphatic carbocycles. The first-order valence-corrected chi connectivity index (χ1v) is 19.7. The van der Waals surface area contributed by atoms with E-state index in [-0.39, 0.29) is 0 Å². The average Bonchev–Trinajstić information content (AvgIpc) is 3.97. The lowest BCUT2D eigenvalue weighted by molar-refractivity contribution is 0.668. The van der Waals surface area contributed by atoms with E-state index < -0.39 is 0 Å². The Morgan fingerprint density at radius 1 is 0.362 bits per heavy atom. The minimum Gasteiger partial charge on any atom is -0.455 e. The van der Waals surface area contributed by atoms with Gasteiger partial charge in [-0.1, -0.05) is 140 Å². The molecular weight excluding hydrogens is 709 g/mol. The van der Waals surface area contributed by atoms with Gasteiger partial charge in [0.05, 0.1) is 27.8 Å². The van der Waals surface area contributed by atoms with Crippen LogP contribution in [0.4, 0.5) is 17.1 Å². The Labute approximate surface area is 334 Å². The lowest BCUT2D eigenvalue weighted by Crippen LogP contribution is -2.11. The highest BCUT2D eigenvalue weighted by Crippen LogP contribution is 2.49. The number of furan rings is 2. The first-order chi connectivity index (χ1) is 28.8. The summed E-state index contributed by atoms with van der Waals surface area (Å²) < 4.78 is 16.2. The van der Waals surface area contributed by atoms with E-state index in [9.17, 15) is 0 Å². The summed E-state index contributed by atoms with van der Waals surface area (Å²) in [5.41, 5.74) is 14.1. The molecule has 0 unspecified atom stereocenters. The molecule has 0 radical (unpaired) electrons. The molecule has 4 heteroatoms. The number of benzene rings is 9. The van der Waals surface area contributed by atoms with Crippen LogP contribution in [0.3, 0.4) is 0 Å². The quantitative estimate of drug-likeness (QED) is 0.170. The molecule has 0 atom stereocenters. The molecule has 12 rings (SSSR count). The van der Waals surface area contributed by atoms with Crippen LogP contribution in [-0.4, -0.2) is 4.57 Å². The van der Waals surface area contributed by atoms with Crippen molar-refractivity contribution in [3.8, 4) is 27.9 Å². The van der Waals surface area contributed by atoms with Gasteiger partial charge in [-0.25, -0.2) is 0 Å². The van der Waals surface area contributed by atoms with Gasteiger partial charge in [0, 0.05) is 43.9 Å². The van der Waals surface area contributed by atoms with Crippen molar-refractivity contribution in [3.63, 3.8) is 0 Å². The van der Waals surface area contributed by atoms with Crippen molar-refractivity contribution in [2.24, 2.45) is 0 Å². The number of para-hydroxylation sites is 4. The third kappa shape index (κ3) is 4.95. The molecule has 0 bridgehead atoms.